The van der Waals surface area contributed by atoms with Gasteiger partial charge in [0.05, 0.1) is 12.6 Å². The normalized spacial score (nSPS) is 10.8. The summed E-state index contributed by atoms with van der Waals surface area (Å²) in [6, 6.07) is 15.3. The molecule has 2 rings (SSSR count). The Bertz CT molecular complexity index is 618. The molecule has 108 valence electrons. The Morgan fingerprint density at radius 3 is 2.33 bits per heavy atom. The lowest BCUT2D eigenvalue weighted by Gasteiger charge is -2.01. The predicted molar refractivity (Wildman–Crippen MR) is 86.7 cm³/mol. The second-order valence-corrected chi connectivity index (χ2v) is 5.13. The van der Waals surface area contributed by atoms with Crippen molar-refractivity contribution in [3.05, 3.63) is 70.2 Å². The third-order valence-electron chi connectivity index (χ3n) is 3.07. The summed E-state index contributed by atoms with van der Waals surface area (Å²) in [5, 5.41) is 4.62. The van der Waals surface area contributed by atoms with E-state index in [2.05, 4.69) is 29.6 Å². The van der Waals surface area contributed by atoms with Gasteiger partial charge in [0.2, 0.25) is 5.91 Å². The van der Waals surface area contributed by atoms with Crippen molar-refractivity contribution >= 4 is 23.7 Å². The zero-order chi connectivity index (χ0) is 15.1. The number of rotatable bonds is 5. The minimum atomic E-state index is -0.154. The van der Waals surface area contributed by atoms with Crippen LogP contribution in [0.2, 0.25) is 5.02 Å². The second-order valence-electron chi connectivity index (χ2n) is 4.69. The molecule has 2 aromatic rings. The SMILES string of the molecule is CCc1ccc(/C=N\NC(=O)Cc2ccc(Cl)cc2)cc1. The van der Waals surface area contributed by atoms with Gasteiger partial charge in [0.1, 0.15) is 0 Å². The topological polar surface area (TPSA) is 41.5 Å². The van der Waals surface area contributed by atoms with E-state index in [1.165, 1.54) is 5.56 Å². The lowest BCUT2D eigenvalue weighted by Crippen LogP contribution is -2.19. The van der Waals surface area contributed by atoms with Gasteiger partial charge in [-0.15, -0.1) is 0 Å². The smallest absolute Gasteiger partial charge is 0.244 e. The van der Waals surface area contributed by atoms with E-state index in [-0.39, 0.29) is 12.3 Å². The highest BCUT2D eigenvalue weighted by Crippen LogP contribution is 2.09. The van der Waals surface area contributed by atoms with E-state index in [0.717, 1.165) is 17.5 Å². The second kappa shape index (κ2) is 7.60. The third-order valence-corrected chi connectivity index (χ3v) is 3.32. The zero-order valence-electron chi connectivity index (χ0n) is 11.8. The fourth-order valence-corrected chi connectivity index (χ4v) is 1.97. The van der Waals surface area contributed by atoms with E-state index in [9.17, 15) is 4.79 Å². The molecule has 1 N–H and O–H groups in total. The summed E-state index contributed by atoms with van der Waals surface area (Å²) in [5.41, 5.74) is 5.66. The summed E-state index contributed by atoms with van der Waals surface area (Å²) in [7, 11) is 0. The number of carbonyl (C=O) groups excluding carboxylic acids is 1. The highest BCUT2D eigenvalue weighted by Gasteiger charge is 2.01. The maximum atomic E-state index is 11.7. The van der Waals surface area contributed by atoms with Crippen molar-refractivity contribution < 1.29 is 4.79 Å². The molecular formula is C17H17ClN2O. The number of benzene rings is 2. The van der Waals surface area contributed by atoms with Gasteiger partial charge in [-0.25, -0.2) is 5.43 Å². The van der Waals surface area contributed by atoms with E-state index >= 15 is 0 Å². The zero-order valence-corrected chi connectivity index (χ0v) is 12.6. The van der Waals surface area contributed by atoms with Crippen molar-refractivity contribution in [2.24, 2.45) is 5.10 Å². The lowest BCUT2D eigenvalue weighted by atomic mass is 10.1. The lowest BCUT2D eigenvalue weighted by molar-refractivity contribution is -0.120. The van der Waals surface area contributed by atoms with Crippen LogP contribution in [0.4, 0.5) is 0 Å². The molecule has 2 aromatic carbocycles. The summed E-state index contributed by atoms with van der Waals surface area (Å²) in [6.07, 6.45) is 2.93. The molecule has 0 atom stereocenters. The van der Waals surface area contributed by atoms with Crippen molar-refractivity contribution in [3.8, 4) is 0 Å². The Morgan fingerprint density at radius 2 is 1.71 bits per heavy atom. The van der Waals surface area contributed by atoms with E-state index in [4.69, 9.17) is 11.6 Å². The van der Waals surface area contributed by atoms with Gasteiger partial charge in [0, 0.05) is 5.02 Å². The van der Waals surface area contributed by atoms with Gasteiger partial charge in [-0.1, -0.05) is 54.9 Å². The van der Waals surface area contributed by atoms with E-state index in [1.54, 1.807) is 18.3 Å². The maximum Gasteiger partial charge on any atom is 0.244 e. The number of hydrogen-bond donors (Lipinski definition) is 1. The number of nitrogens with zero attached hydrogens (tertiary/aromatic N) is 1. The Balaban J connectivity index is 1.85. The molecule has 1 amide bonds. The van der Waals surface area contributed by atoms with Crippen molar-refractivity contribution in [1.82, 2.24) is 5.43 Å². The number of halogens is 1. The van der Waals surface area contributed by atoms with Crippen LogP contribution in [0.25, 0.3) is 0 Å². The number of nitrogens with one attached hydrogen (secondary N) is 1. The van der Waals surface area contributed by atoms with Gasteiger partial charge in [0.25, 0.3) is 0 Å². The predicted octanol–water partition coefficient (Wildman–Crippen LogP) is 3.60. The number of hydrogen-bond acceptors (Lipinski definition) is 2. The summed E-state index contributed by atoms with van der Waals surface area (Å²) in [6.45, 7) is 2.11. The first-order chi connectivity index (χ1) is 10.2. The van der Waals surface area contributed by atoms with Gasteiger partial charge in [-0.3, -0.25) is 4.79 Å². The van der Waals surface area contributed by atoms with Crippen LogP contribution in [0, 0.1) is 0 Å². The number of hydrazone groups is 1. The maximum absolute atomic E-state index is 11.7. The van der Waals surface area contributed by atoms with Crippen LogP contribution in [0.1, 0.15) is 23.6 Å². The molecular weight excluding hydrogens is 284 g/mol. The van der Waals surface area contributed by atoms with Gasteiger partial charge < -0.3 is 0 Å². The molecule has 0 aliphatic heterocycles. The number of aryl methyl sites for hydroxylation is 1. The average molecular weight is 301 g/mol. The molecule has 0 spiro atoms. The average Bonchev–Trinajstić information content (AvgIpc) is 2.50. The fraction of sp³-hybridized carbons (Fsp3) is 0.176. The van der Waals surface area contributed by atoms with Crippen molar-refractivity contribution in [1.29, 1.82) is 0 Å². The molecule has 0 radical (unpaired) electrons. The quantitative estimate of drug-likeness (QED) is 0.665. The number of amides is 1. The highest BCUT2D eigenvalue weighted by molar-refractivity contribution is 6.30. The van der Waals surface area contributed by atoms with Crippen LogP contribution in [0.3, 0.4) is 0 Å². The molecule has 0 unspecified atom stereocenters. The van der Waals surface area contributed by atoms with Gasteiger partial charge in [-0.05, 0) is 35.2 Å². The highest BCUT2D eigenvalue weighted by atomic mass is 35.5. The molecule has 4 heteroatoms. The van der Waals surface area contributed by atoms with Crippen LogP contribution < -0.4 is 5.43 Å². The summed E-state index contributed by atoms with van der Waals surface area (Å²) in [5.74, 6) is -0.154. The van der Waals surface area contributed by atoms with Crippen molar-refractivity contribution in [3.63, 3.8) is 0 Å². The Morgan fingerprint density at radius 1 is 1.10 bits per heavy atom. The molecule has 21 heavy (non-hydrogen) atoms. The molecule has 3 nitrogen and oxygen atoms in total. The summed E-state index contributed by atoms with van der Waals surface area (Å²) < 4.78 is 0. The molecule has 0 fully saturated rings. The number of carbonyl (C=O) groups is 1. The summed E-state index contributed by atoms with van der Waals surface area (Å²) in [4.78, 5) is 11.7. The van der Waals surface area contributed by atoms with Gasteiger partial charge >= 0.3 is 0 Å². The van der Waals surface area contributed by atoms with Gasteiger partial charge in [0.15, 0.2) is 0 Å². The molecule has 0 aliphatic carbocycles. The van der Waals surface area contributed by atoms with Crippen LogP contribution >= 0.6 is 11.6 Å². The van der Waals surface area contributed by atoms with Gasteiger partial charge in [-0.2, -0.15) is 5.10 Å². The van der Waals surface area contributed by atoms with Crippen molar-refractivity contribution in [2.45, 2.75) is 19.8 Å². The Labute approximate surface area is 129 Å². The first-order valence-corrected chi connectivity index (χ1v) is 7.20. The van der Waals surface area contributed by atoms with Crippen LogP contribution in [-0.4, -0.2) is 12.1 Å². The molecule has 0 aliphatic rings. The largest absolute Gasteiger partial charge is 0.273 e. The summed E-state index contributed by atoms with van der Waals surface area (Å²) >= 11 is 5.80. The Kier molecular flexibility index (Phi) is 5.52. The fourth-order valence-electron chi connectivity index (χ4n) is 1.85. The monoisotopic (exact) mass is 300 g/mol. The first-order valence-electron chi connectivity index (χ1n) is 6.82. The van der Waals surface area contributed by atoms with Crippen LogP contribution in [0.15, 0.2) is 53.6 Å². The molecule has 0 aromatic heterocycles. The molecule has 0 bridgehead atoms. The minimum absolute atomic E-state index is 0.154. The van der Waals surface area contributed by atoms with E-state index < -0.39 is 0 Å². The van der Waals surface area contributed by atoms with Crippen LogP contribution in [-0.2, 0) is 17.6 Å². The minimum Gasteiger partial charge on any atom is -0.273 e. The van der Waals surface area contributed by atoms with Crippen LogP contribution in [0.5, 0.6) is 0 Å². The molecule has 0 saturated heterocycles. The van der Waals surface area contributed by atoms with Crippen molar-refractivity contribution in [2.75, 3.05) is 0 Å². The third kappa shape index (κ3) is 5.04. The first kappa shape index (κ1) is 15.3. The van der Waals surface area contributed by atoms with E-state index in [0.29, 0.717) is 5.02 Å². The molecule has 0 heterocycles. The van der Waals surface area contributed by atoms with E-state index in [1.807, 2.05) is 24.3 Å². The standard InChI is InChI=1S/C17H17ClN2O/c1-2-13-3-5-15(6-4-13)12-19-20-17(21)11-14-7-9-16(18)10-8-14/h3-10,12H,2,11H2,1H3,(H,20,21)/b19-12-. The molecule has 0 saturated carbocycles. The Hall–Kier alpha value is -2.13.